The lowest BCUT2D eigenvalue weighted by Gasteiger charge is -2.38. The molecule has 1 aliphatic carbocycles. The number of rotatable bonds is 2. The SMILES string of the molecule is Cc1ccc([S@](=O)[C@@H]2CC[C@@H](C)C(F)(F)[C@H]2O)cc1. The third kappa shape index (κ3) is 2.72. The molecular weight excluding hydrogens is 270 g/mol. The van der Waals surface area contributed by atoms with Gasteiger partial charge in [-0.05, 0) is 31.9 Å². The Morgan fingerprint density at radius 3 is 2.42 bits per heavy atom. The van der Waals surface area contributed by atoms with E-state index < -0.39 is 34.0 Å². The minimum absolute atomic E-state index is 0.284. The Kier molecular flexibility index (Phi) is 4.06. The van der Waals surface area contributed by atoms with Crippen molar-refractivity contribution in [3.63, 3.8) is 0 Å². The molecule has 106 valence electrons. The van der Waals surface area contributed by atoms with E-state index in [1.54, 1.807) is 24.3 Å². The van der Waals surface area contributed by atoms with Gasteiger partial charge in [-0.3, -0.25) is 4.21 Å². The van der Waals surface area contributed by atoms with Crippen LogP contribution in [0, 0.1) is 12.8 Å². The summed E-state index contributed by atoms with van der Waals surface area (Å²) in [5.41, 5.74) is 1.02. The molecule has 2 rings (SSSR count). The average Bonchev–Trinajstić information content (AvgIpc) is 2.37. The quantitative estimate of drug-likeness (QED) is 0.908. The zero-order chi connectivity index (χ0) is 14.2. The first-order valence-corrected chi connectivity index (χ1v) is 7.58. The first-order valence-electron chi connectivity index (χ1n) is 6.37. The molecule has 1 fully saturated rings. The second kappa shape index (κ2) is 5.29. The lowest BCUT2D eigenvalue weighted by atomic mass is 9.84. The molecule has 1 aliphatic rings. The van der Waals surface area contributed by atoms with E-state index in [0.29, 0.717) is 11.3 Å². The monoisotopic (exact) mass is 288 g/mol. The highest BCUT2D eigenvalue weighted by atomic mass is 32.2. The van der Waals surface area contributed by atoms with Crippen LogP contribution < -0.4 is 0 Å². The highest BCUT2D eigenvalue weighted by Gasteiger charge is 2.52. The van der Waals surface area contributed by atoms with Gasteiger partial charge in [-0.1, -0.05) is 24.6 Å². The summed E-state index contributed by atoms with van der Waals surface area (Å²) >= 11 is 0. The van der Waals surface area contributed by atoms with Crippen molar-refractivity contribution in [1.82, 2.24) is 0 Å². The molecule has 1 aromatic rings. The van der Waals surface area contributed by atoms with Crippen molar-refractivity contribution < 1.29 is 18.1 Å². The van der Waals surface area contributed by atoms with Crippen LogP contribution in [0.5, 0.6) is 0 Å². The molecule has 0 aliphatic heterocycles. The molecule has 4 atom stereocenters. The predicted octanol–water partition coefficient (Wildman–Crippen LogP) is 2.90. The van der Waals surface area contributed by atoms with Crippen LogP contribution in [0.4, 0.5) is 8.78 Å². The number of aliphatic hydroxyl groups excluding tert-OH is 1. The Bertz CT molecular complexity index is 473. The van der Waals surface area contributed by atoms with Crippen LogP contribution in [0.25, 0.3) is 0 Å². The van der Waals surface area contributed by atoms with E-state index in [1.807, 2.05) is 6.92 Å². The van der Waals surface area contributed by atoms with Gasteiger partial charge in [0.25, 0.3) is 5.92 Å². The molecule has 1 N–H and O–H groups in total. The largest absolute Gasteiger partial charge is 0.386 e. The van der Waals surface area contributed by atoms with E-state index in [4.69, 9.17) is 0 Å². The average molecular weight is 288 g/mol. The molecule has 0 radical (unpaired) electrons. The van der Waals surface area contributed by atoms with Gasteiger partial charge < -0.3 is 5.11 Å². The van der Waals surface area contributed by atoms with Crippen molar-refractivity contribution in [2.45, 2.75) is 48.9 Å². The van der Waals surface area contributed by atoms with E-state index in [0.717, 1.165) is 5.56 Å². The number of aliphatic hydroxyl groups is 1. The van der Waals surface area contributed by atoms with Crippen molar-refractivity contribution in [3.8, 4) is 0 Å². The second-order valence-electron chi connectivity index (χ2n) is 5.25. The fraction of sp³-hybridized carbons (Fsp3) is 0.571. The second-order valence-corrected chi connectivity index (χ2v) is 6.92. The maximum Gasteiger partial charge on any atom is 0.277 e. The first-order chi connectivity index (χ1) is 8.84. The van der Waals surface area contributed by atoms with Crippen molar-refractivity contribution in [2.75, 3.05) is 0 Å². The van der Waals surface area contributed by atoms with Gasteiger partial charge in [0, 0.05) is 10.8 Å². The van der Waals surface area contributed by atoms with E-state index in [-0.39, 0.29) is 6.42 Å². The van der Waals surface area contributed by atoms with Gasteiger partial charge in [0.05, 0.1) is 16.0 Å². The minimum Gasteiger partial charge on any atom is -0.386 e. The van der Waals surface area contributed by atoms with Gasteiger partial charge in [-0.2, -0.15) is 0 Å². The Labute approximate surface area is 114 Å². The summed E-state index contributed by atoms with van der Waals surface area (Å²) in [6, 6.07) is 6.94. The normalized spacial score (nSPS) is 31.9. The van der Waals surface area contributed by atoms with Gasteiger partial charge in [0.15, 0.2) is 0 Å². The van der Waals surface area contributed by atoms with E-state index in [9.17, 15) is 18.1 Å². The van der Waals surface area contributed by atoms with Crippen molar-refractivity contribution in [3.05, 3.63) is 29.8 Å². The van der Waals surface area contributed by atoms with Crippen molar-refractivity contribution in [2.24, 2.45) is 5.92 Å². The number of hydrogen-bond acceptors (Lipinski definition) is 2. The van der Waals surface area contributed by atoms with Gasteiger partial charge in [-0.15, -0.1) is 0 Å². The van der Waals surface area contributed by atoms with Gasteiger partial charge in [-0.25, -0.2) is 8.78 Å². The predicted molar refractivity (Wildman–Crippen MR) is 70.7 cm³/mol. The number of alkyl halides is 2. The van der Waals surface area contributed by atoms with Crippen LogP contribution in [-0.2, 0) is 10.8 Å². The van der Waals surface area contributed by atoms with Gasteiger partial charge in [0.1, 0.15) is 6.10 Å². The Hall–Kier alpha value is -0.810. The topological polar surface area (TPSA) is 37.3 Å². The lowest BCUT2D eigenvalue weighted by molar-refractivity contribution is -0.160. The Morgan fingerprint density at radius 1 is 1.26 bits per heavy atom. The number of halogens is 2. The molecule has 0 unspecified atom stereocenters. The molecule has 2 nitrogen and oxygen atoms in total. The molecular formula is C14H18F2O2S. The molecule has 0 saturated heterocycles. The molecule has 1 aromatic carbocycles. The van der Waals surface area contributed by atoms with E-state index in [2.05, 4.69) is 0 Å². The molecule has 0 amide bonds. The van der Waals surface area contributed by atoms with Gasteiger partial charge >= 0.3 is 0 Å². The fourth-order valence-corrected chi connectivity index (χ4v) is 3.89. The summed E-state index contributed by atoms with van der Waals surface area (Å²) in [7, 11) is -1.60. The highest BCUT2D eigenvalue weighted by molar-refractivity contribution is 7.85. The smallest absolute Gasteiger partial charge is 0.277 e. The molecule has 5 heteroatoms. The summed E-state index contributed by atoms with van der Waals surface area (Å²) < 4.78 is 39.9. The molecule has 0 heterocycles. The zero-order valence-corrected chi connectivity index (χ0v) is 11.8. The Balaban J connectivity index is 2.22. The third-order valence-electron chi connectivity index (χ3n) is 3.82. The fourth-order valence-electron chi connectivity index (χ4n) is 2.38. The molecule has 0 bridgehead atoms. The molecule has 19 heavy (non-hydrogen) atoms. The highest BCUT2D eigenvalue weighted by Crippen LogP contribution is 2.41. The minimum atomic E-state index is -3.16. The van der Waals surface area contributed by atoms with Crippen LogP contribution in [0.2, 0.25) is 0 Å². The molecule has 1 saturated carbocycles. The van der Waals surface area contributed by atoms with Crippen LogP contribution in [0.15, 0.2) is 29.2 Å². The third-order valence-corrected chi connectivity index (χ3v) is 5.60. The van der Waals surface area contributed by atoms with Crippen LogP contribution in [0.3, 0.4) is 0 Å². The number of benzene rings is 1. The van der Waals surface area contributed by atoms with E-state index >= 15 is 0 Å². The van der Waals surface area contributed by atoms with Crippen molar-refractivity contribution in [1.29, 1.82) is 0 Å². The standard InChI is InChI=1S/C14H18F2O2S/c1-9-3-6-11(7-4-9)19(18)12-8-5-10(2)14(15,16)13(12)17/h3-4,6-7,10,12-13,17H,5,8H2,1-2H3/t10-,12-,13+,19+/m1/s1. The lowest BCUT2D eigenvalue weighted by Crippen LogP contribution is -2.52. The summed E-state index contributed by atoms with van der Waals surface area (Å²) in [5, 5.41) is 8.92. The van der Waals surface area contributed by atoms with Crippen LogP contribution in [0.1, 0.15) is 25.3 Å². The zero-order valence-electron chi connectivity index (χ0n) is 11.0. The summed E-state index contributed by atoms with van der Waals surface area (Å²) in [6.45, 7) is 3.33. The Morgan fingerprint density at radius 2 is 1.84 bits per heavy atom. The van der Waals surface area contributed by atoms with Gasteiger partial charge in [0.2, 0.25) is 0 Å². The number of aryl methyl sites for hydroxylation is 1. The summed E-state index contributed by atoms with van der Waals surface area (Å²) in [4.78, 5) is 0.500. The number of hydrogen-bond donors (Lipinski definition) is 1. The van der Waals surface area contributed by atoms with Crippen LogP contribution >= 0.6 is 0 Å². The maximum absolute atomic E-state index is 13.8. The molecule has 0 spiro atoms. The maximum atomic E-state index is 13.8. The summed E-state index contributed by atoms with van der Waals surface area (Å²) in [5.74, 6) is -4.03. The summed E-state index contributed by atoms with van der Waals surface area (Å²) in [6.07, 6.45) is -1.19. The van der Waals surface area contributed by atoms with Crippen LogP contribution in [-0.4, -0.2) is 26.6 Å². The van der Waals surface area contributed by atoms with Crippen molar-refractivity contribution >= 4 is 10.8 Å². The van der Waals surface area contributed by atoms with E-state index in [1.165, 1.54) is 6.92 Å². The molecule has 0 aromatic heterocycles. The first kappa shape index (κ1) is 14.6.